The molecule has 0 aliphatic carbocycles. The molecule has 0 spiro atoms. The Kier molecular flexibility index (Phi) is 4.09. The van der Waals surface area contributed by atoms with Gasteiger partial charge in [-0.3, -0.25) is 4.79 Å². The maximum Gasteiger partial charge on any atom is 0.303 e. The monoisotopic (exact) mass is 300 g/mol. The fraction of sp³-hybridized carbons (Fsp3) is 0.438. The van der Waals surface area contributed by atoms with E-state index in [0.29, 0.717) is 6.42 Å². The molecule has 1 aliphatic rings. The van der Waals surface area contributed by atoms with Gasteiger partial charge in [-0.2, -0.15) is 0 Å². The lowest BCUT2D eigenvalue weighted by atomic mass is 10.2. The predicted molar refractivity (Wildman–Crippen MR) is 83.5 cm³/mol. The van der Waals surface area contributed by atoms with Crippen LogP contribution >= 0.6 is 0 Å². The van der Waals surface area contributed by atoms with Crippen molar-refractivity contribution in [2.75, 3.05) is 18.0 Å². The molecule has 0 bridgehead atoms. The molecule has 2 aromatic rings. The molecule has 6 heteroatoms. The molecule has 1 fully saturated rings. The first kappa shape index (κ1) is 14.6. The Bertz CT molecular complexity index is 657. The summed E-state index contributed by atoms with van der Waals surface area (Å²) in [5, 5.41) is 17.0. The van der Waals surface area contributed by atoms with Crippen molar-refractivity contribution in [3.8, 4) is 5.69 Å². The Balaban J connectivity index is 1.77. The minimum atomic E-state index is -0.816. The van der Waals surface area contributed by atoms with E-state index in [9.17, 15) is 4.79 Å². The average Bonchev–Trinajstić information content (AvgIpc) is 3.15. The topological polar surface area (TPSA) is 71.2 Å². The van der Waals surface area contributed by atoms with Gasteiger partial charge in [0.1, 0.15) is 0 Å². The Morgan fingerprint density at radius 1 is 1.18 bits per heavy atom. The molecule has 22 heavy (non-hydrogen) atoms. The Hall–Kier alpha value is -2.37. The van der Waals surface area contributed by atoms with Crippen LogP contribution in [-0.4, -0.2) is 39.2 Å². The van der Waals surface area contributed by atoms with Gasteiger partial charge in [0.2, 0.25) is 0 Å². The lowest BCUT2D eigenvalue weighted by Gasteiger charge is -2.17. The van der Waals surface area contributed by atoms with E-state index in [4.69, 9.17) is 5.11 Å². The van der Waals surface area contributed by atoms with E-state index in [1.807, 2.05) is 19.1 Å². The summed E-state index contributed by atoms with van der Waals surface area (Å²) in [4.78, 5) is 13.0. The maximum absolute atomic E-state index is 10.7. The normalized spacial score (nSPS) is 14.5. The number of benzene rings is 1. The van der Waals surface area contributed by atoms with Crippen LogP contribution in [0.25, 0.3) is 5.69 Å². The van der Waals surface area contributed by atoms with Crippen molar-refractivity contribution < 1.29 is 9.90 Å². The summed E-state index contributed by atoms with van der Waals surface area (Å²) in [6, 6.07) is 8.30. The SMILES string of the molecule is Cc1c(CCC(=O)O)nnn1-c1ccc(N2CCCC2)cc1. The number of hydrogen-bond acceptors (Lipinski definition) is 4. The van der Waals surface area contributed by atoms with Crippen molar-refractivity contribution in [1.29, 1.82) is 0 Å². The number of carboxylic acids is 1. The maximum atomic E-state index is 10.7. The van der Waals surface area contributed by atoms with Gasteiger partial charge in [0.05, 0.1) is 23.5 Å². The van der Waals surface area contributed by atoms with Crippen LogP contribution in [0.4, 0.5) is 5.69 Å². The van der Waals surface area contributed by atoms with Crippen molar-refractivity contribution in [3.63, 3.8) is 0 Å². The van der Waals surface area contributed by atoms with Gasteiger partial charge in [0.15, 0.2) is 0 Å². The van der Waals surface area contributed by atoms with E-state index in [2.05, 4.69) is 27.3 Å². The highest BCUT2D eigenvalue weighted by atomic mass is 16.4. The second-order valence-corrected chi connectivity index (χ2v) is 5.64. The molecule has 0 unspecified atom stereocenters. The van der Waals surface area contributed by atoms with E-state index in [1.54, 1.807) is 4.68 Å². The van der Waals surface area contributed by atoms with Crippen LogP contribution in [0.2, 0.25) is 0 Å². The van der Waals surface area contributed by atoms with E-state index in [-0.39, 0.29) is 6.42 Å². The Morgan fingerprint density at radius 2 is 1.82 bits per heavy atom. The summed E-state index contributed by atoms with van der Waals surface area (Å²) < 4.78 is 1.77. The highest BCUT2D eigenvalue weighted by Crippen LogP contribution is 2.22. The molecule has 1 aliphatic heterocycles. The number of rotatable bonds is 5. The van der Waals surface area contributed by atoms with Gasteiger partial charge in [-0.25, -0.2) is 4.68 Å². The number of aromatic nitrogens is 3. The van der Waals surface area contributed by atoms with E-state index in [1.165, 1.54) is 18.5 Å². The zero-order chi connectivity index (χ0) is 15.5. The fourth-order valence-electron chi connectivity index (χ4n) is 2.84. The van der Waals surface area contributed by atoms with Gasteiger partial charge >= 0.3 is 5.97 Å². The van der Waals surface area contributed by atoms with Crippen LogP contribution in [0.3, 0.4) is 0 Å². The molecule has 116 valence electrons. The molecule has 1 N–H and O–H groups in total. The molecular formula is C16H20N4O2. The van der Waals surface area contributed by atoms with Crippen LogP contribution in [0.1, 0.15) is 30.7 Å². The summed E-state index contributed by atoms with van der Waals surface area (Å²) in [7, 11) is 0. The third-order valence-corrected chi connectivity index (χ3v) is 4.13. The van der Waals surface area contributed by atoms with Gasteiger partial charge < -0.3 is 10.0 Å². The van der Waals surface area contributed by atoms with Crippen molar-refractivity contribution in [2.24, 2.45) is 0 Å². The number of hydrogen-bond donors (Lipinski definition) is 1. The minimum absolute atomic E-state index is 0.0768. The zero-order valence-electron chi connectivity index (χ0n) is 12.7. The number of aliphatic carboxylic acids is 1. The molecule has 1 aromatic heterocycles. The minimum Gasteiger partial charge on any atom is -0.481 e. The molecule has 1 aromatic carbocycles. The highest BCUT2D eigenvalue weighted by Gasteiger charge is 2.14. The average molecular weight is 300 g/mol. The van der Waals surface area contributed by atoms with Crippen molar-refractivity contribution >= 4 is 11.7 Å². The zero-order valence-corrected chi connectivity index (χ0v) is 12.7. The predicted octanol–water partition coefficient (Wildman–Crippen LogP) is 2.19. The number of carboxylic acid groups (broad SMARTS) is 1. The lowest BCUT2D eigenvalue weighted by Crippen LogP contribution is -2.17. The summed E-state index contributed by atoms with van der Waals surface area (Å²) >= 11 is 0. The molecule has 0 atom stereocenters. The first-order valence-corrected chi connectivity index (χ1v) is 7.63. The lowest BCUT2D eigenvalue weighted by molar-refractivity contribution is -0.136. The summed E-state index contributed by atoms with van der Waals surface area (Å²) in [5.74, 6) is -0.816. The molecule has 1 saturated heterocycles. The standard InChI is InChI=1S/C16H20N4O2/c1-12-15(8-9-16(21)22)17-18-20(12)14-6-4-13(5-7-14)19-10-2-3-11-19/h4-7H,2-3,8-11H2,1H3,(H,21,22). The third kappa shape index (κ3) is 2.95. The third-order valence-electron chi connectivity index (χ3n) is 4.13. The summed E-state index contributed by atoms with van der Waals surface area (Å²) in [6.07, 6.45) is 3.01. The van der Waals surface area contributed by atoms with Crippen LogP contribution in [0.15, 0.2) is 24.3 Å². The fourth-order valence-corrected chi connectivity index (χ4v) is 2.84. The van der Waals surface area contributed by atoms with Gasteiger partial charge in [-0.15, -0.1) is 5.10 Å². The quantitative estimate of drug-likeness (QED) is 0.916. The van der Waals surface area contributed by atoms with E-state index < -0.39 is 5.97 Å². The molecule has 0 amide bonds. The second kappa shape index (κ2) is 6.17. The van der Waals surface area contributed by atoms with Crippen molar-refractivity contribution in [3.05, 3.63) is 35.7 Å². The number of carbonyl (C=O) groups is 1. The van der Waals surface area contributed by atoms with Crippen LogP contribution in [-0.2, 0) is 11.2 Å². The smallest absolute Gasteiger partial charge is 0.303 e. The molecular weight excluding hydrogens is 280 g/mol. The first-order valence-electron chi connectivity index (χ1n) is 7.63. The molecule has 2 heterocycles. The van der Waals surface area contributed by atoms with E-state index in [0.717, 1.165) is 30.2 Å². The summed E-state index contributed by atoms with van der Waals surface area (Å²) in [6.45, 7) is 4.17. The van der Waals surface area contributed by atoms with Crippen LogP contribution in [0.5, 0.6) is 0 Å². The molecule has 0 saturated carbocycles. The molecule has 0 radical (unpaired) electrons. The van der Waals surface area contributed by atoms with Crippen LogP contribution in [0, 0.1) is 6.92 Å². The molecule has 6 nitrogen and oxygen atoms in total. The largest absolute Gasteiger partial charge is 0.481 e. The van der Waals surface area contributed by atoms with Gasteiger partial charge in [0.25, 0.3) is 0 Å². The van der Waals surface area contributed by atoms with Crippen molar-refractivity contribution in [1.82, 2.24) is 15.0 Å². The molecule has 3 rings (SSSR count). The van der Waals surface area contributed by atoms with Gasteiger partial charge in [-0.05, 0) is 44.0 Å². The van der Waals surface area contributed by atoms with Gasteiger partial charge in [-0.1, -0.05) is 5.21 Å². The number of aryl methyl sites for hydroxylation is 1. The number of nitrogens with zero attached hydrogens (tertiary/aromatic N) is 4. The highest BCUT2D eigenvalue weighted by molar-refractivity contribution is 5.67. The summed E-state index contributed by atoms with van der Waals surface area (Å²) in [5.41, 5.74) is 3.83. The number of anilines is 1. The Labute approximate surface area is 129 Å². The Morgan fingerprint density at radius 3 is 2.45 bits per heavy atom. The first-order chi connectivity index (χ1) is 10.6. The van der Waals surface area contributed by atoms with Gasteiger partial charge in [0, 0.05) is 25.2 Å². The van der Waals surface area contributed by atoms with Crippen LogP contribution < -0.4 is 4.90 Å². The van der Waals surface area contributed by atoms with Crippen molar-refractivity contribution in [2.45, 2.75) is 32.6 Å². The second-order valence-electron chi connectivity index (χ2n) is 5.64. The van der Waals surface area contributed by atoms with E-state index >= 15 is 0 Å².